The molecule has 1 unspecified atom stereocenters. The molecule has 99 heavy (non-hydrogen) atoms. The number of ether oxygens (including phenoxy) is 1. The van der Waals surface area contributed by atoms with Crippen LogP contribution in [0.25, 0.3) is 25.2 Å². The van der Waals surface area contributed by atoms with Crippen molar-refractivity contribution in [3.63, 3.8) is 0 Å². The molecule has 0 saturated carbocycles. The lowest BCUT2D eigenvalue weighted by atomic mass is 9.70. The molecule has 8 nitrogen and oxygen atoms in total. The number of hydrogen-bond donors (Lipinski definition) is 0. The van der Waals surface area contributed by atoms with Gasteiger partial charge in [0.1, 0.15) is 16.4 Å². The monoisotopic (exact) mass is 1380 g/mol. The van der Waals surface area contributed by atoms with Crippen LogP contribution in [-0.4, -0.2) is 57.0 Å². The van der Waals surface area contributed by atoms with Gasteiger partial charge in [-0.15, -0.1) is 22.7 Å². The number of hydrogen-bond acceptors (Lipinski definition) is 8. The topological polar surface area (TPSA) is 46.1 Å². The van der Waals surface area contributed by atoms with E-state index in [1.54, 1.807) is 6.92 Å². The number of likely N-dealkylation sites (N-methyl/N-ethyl adjacent to an activating group) is 1. The van der Waals surface area contributed by atoms with Gasteiger partial charge in [0, 0.05) is 76.4 Å². The summed E-state index contributed by atoms with van der Waals surface area (Å²) in [4.78, 5) is 16.0. The minimum atomic E-state index is -2.79. The summed E-state index contributed by atoms with van der Waals surface area (Å²) < 4.78 is 24.1. The zero-order valence-electron chi connectivity index (χ0n) is 60.0. The van der Waals surface area contributed by atoms with Gasteiger partial charge in [0.05, 0.1) is 19.8 Å². The van der Waals surface area contributed by atoms with Crippen LogP contribution in [0.3, 0.4) is 0 Å². The Balaban J connectivity index is 0.916. The minimum absolute atomic E-state index is 0.0428. The molecule has 506 valence electrons. The number of nitrogens with zero attached hydrogens (tertiary/aromatic N) is 5. The second-order valence-electron chi connectivity index (χ2n) is 29.2. The smallest absolute Gasteiger partial charge is 0.261 e. The predicted molar refractivity (Wildman–Crippen MR) is 427 cm³/mol. The van der Waals surface area contributed by atoms with Crippen molar-refractivity contribution in [3.05, 3.63) is 309 Å². The standard InChI is InChI=1S/C87H95N5O3S2Si2/c1-16-91(57-59-94-99(85(6,7)8,75-41-28-20-29-42-75)76-43-30-21-31-44-76)69-50-54-71(55-51-69)92(70-52-48-68(49-53-70)90(14)15)81-61-80-79(97-81)60-72(96-80)56-47-66-63-86(9,10)62-65(34-32-46-78-82(89-13)83(64(2)88-12)95-87(78,11)67-35-22-17-23-36-67)77(66)45-33-58-93-98(84(3,4)5,73-37-24-18-25-38-73)74-39-26-19-27-40-74/h17-32,34-44,46-56,60-61H,16,33,45,57-59,62-63H2,1-11,14-15H3/b46-32+,56-47+,65-34+,83-64+. The molecule has 12 heteroatoms. The summed E-state index contributed by atoms with van der Waals surface area (Å²) in [5.74, 6) is 0.346. The van der Waals surface area contributed by atoms with Crippen LogP contribution in [-0.2, 0) is 19.2 Å². The molecule has 2 aromatic heterocycles. The number of thiophene rings is 2. The second kappa shape index (κ2) is 30.3. The van der Waals surface area contributed by atoms with Crippen LogP contribution in [0.15, 0.2) is 276 Å². The molecule has 2 aliphatic rings. The third-order valence-corrected chi connectivity index (χ3v) is 32.0. The highest BCUT2D eigenvalue weighted by Gasteiger charge is 2.51. The molecule has 0 amide bonds. The van der Waals surface area contributed by atoms with Gasteiger partial charge in [-0.25, -0.2) is 9.69 Å². The maximum Gasteiger partial charge on any atom is 0.261 e. The molecule has 0 radical (unpaired) electrons. The average Bonchev–Trinajstić information content (AvgIpc) is 1.63. The van der Waals surface area contributed by atoms with Crippen molar-refractivity contribution in [3.8, 4) is 0 Å². The Labute approximate surface area is 600 Å². The first-order valence-corrected chi connectivity index (χ1v) is 40.2. The van der Waals surface area contributed by atoms with E-state index in [4.69, 9.17) is 26.7 Å². The fraction of sp³-hybridized carbons (Fsp3) is 0.287. The molecular formula is C87H95N5O3S2Si2. The molecule has 0 N–H and O–H groups in total. The summed E-state index contributed by atoms with van der Waals surface area (Å²) in [6.07, 6.45) is 14.7. The third kappa shape index (κ3) is 15.1. The first-order valence-electron chi connectivity index (χ1n) is 34.7. The Morgan fingerprint density at radius 1 is 0.596 bits per heavy atom. The normalized spacial score (nSPS) is 16.9. The van der Waals surface area contributed by atoms with Crippen LogP contribution in [0.2, 0.25) is 10.1 Å². The molecule has 11 rings (SSSR count). The van der Waals surface area contributed by atoms with E-state index >= 15 is 0 Å². The first-order chi connectivity index (χ1) is 47.5. The highest BCUT2D eigenvalue weighted by molar-refractivity contribution is 7.30. The number of benzene rings is 7. The quantitative estimate of drug-likeness (QED) is 0.0341. The minimum Gasteiger partial charge on any atom is -0.502 e. The fourth-order valence-electron chi connectivity index (χ4n) is 14.8. The number of allylic oxidation sites excluding steroid dienone is 7. The number of fused-ring (bicyclic) bond motifs is 1. The highest BCUT2D eigenvalue weighted by Crippen LogP contribution is 2.50. The van der Waals surface area contributed by atoms with Crippen molar-refractivity contribution in [1.82, 2.24) is 0 Å². The summed E-state index contributed by atoms with van der Waals surface area (Å²) >= 11 is 3.67. The summed E-state index contributed by atoms with van der Waals surface area (Å²) in [6.45, 7) is 44.0. The average molecular weight is 1380 g/mol. The third-order valence-electron chi connectivity index (χ3n) is 19.7. The van der Waals surface area contributed by atoms with Crippen LogP contribution in [0.1, 0.15) is 112 Å². The van der Waals surface area contributed by atoms with Gasteiger partial charge in [0.2, 0.25) is 5.70 Å². The Kier molecular flexibility index (Phi) is 21.9. The van der Waals surface area contributed by atoms with E-state index in [2.05, 4.69) is 313 Å². The Morgan fingerprint density at radius 3 is 1.56 bits per heavy atom. The summed E-state index contributed by atoms with van der Waals surface area (Å²) in [7, 11) is -1.31. The molecule has 7 aromatic carbocycles. The Morgan fingerprint density at radius 2 is 1.08 bits per heavy atom. The summed E-state index contributed by atoms with van der Waals surface area (Å²) in [6, 6.07) is 76.5. The van der Waals surface area contributed by atoms with Gasteiger partial charge in [0.15, 0.2) is 5.70 Å². The summed E-state index contributed by atoms with van der Waals surface area (Å²) in [5.41, 5.74) is 9.86. The zero-order valence-corrected chi connectivity index (χ0v) is 63.7. The molecule has 9 aromatic rings. The number of rotatable bonds is 24. The fourth-order valence-corrected chi connectivity index (χ4v) is 26.3. The Hall–Kier alpha value is -8.83. The molecule has 0 saturated heterocycles. The lowest BCUT2D eigenvalue weighted by Crippen LogP contribution is -2.67. The first kappa shape index (κ1) is 71.5. The van der Waals surface area contributed by atoms with Crippen LogP contribution < -0.4 is 35.4 Å². The molecule has 3 heterocycles. The van der Waals surface area contributed by atoms with E-state index < -0.39 is 22.2 Å². The van der Waals surface area contributed by atoms with E-state index in [-0.39, 0.29) is 15.5 Å². The lowest BCUT2D eigenvalue weighted by molar-refractivity contribution is 0.0747. The Bertz CT molecular complexity index is 4430. The zero-order chi connectivity index (χ0) is 70.2. The molecule has 1 atom stereocenters. The largest absolute Gasteiger partial charge is 0.502 e. The second-order valence-corrected chi connectivity index (χ2v) is 40.0. The summed E-state index contributed by atoms with van der Waals surface area (Å²) in [5, 5.41) is 6.05. The van der Waals surface area contributed by atoms with E-state index in [9.17, 15) is 0 Å². The van der Waals surface area contributed by atoms with Gasteiger partial charge in [-0.1, -0.05) is 231 Å². The van der Waals surface area contributed by atoms with Crippen LogP contribution in [0, 0.1) is 18.6 Å². The van der Waals surface area contributed by atoms with Gasteiger partial charge >= 0.3 is 0 Å². The van der Waals surface area contributed by atoms with Crippen molar-refractivity contribution in [2.75, 3.05) is 55.1 Å². The predicted octanol–water partition coefficient (Wildman–Crippen LogP) is 21.1. The van der Waals surface area contributed by atoms with Gasteiger partial charge in [-0.05, 0) is 172 Å². The van der Waals surface area contributed by atoms with E-state index in [1.807, 2.05) is 59.9 Å². The van der Waals surface area contributed by atoms with E-state index in [1.165, 1.54) is 57.4 Å². The maximum atomic E-state index is 8.43. The maximum absolute atomic E-state index is 8.43. The van der Waals surface area contributed by atoms with Crippen LogP contribution >= 0.6 is 22.7 Å². The molecule has 0 bridgehead atoms. The molecule has 0 spiro atoms. The number of anilines is 5. The van der Waals surface area contributed by atoms with Crippen LogP contribution in [0.4, 0.5) is 27.8 Å². The highest BCUT2D eigenvalue weighted by atomic mass is 32.1. The van der Waals surface area contributed by atoms with Crippen molar-refractivity contribution in [2.45, 2.75) is 118 Å². The van der Waals surface area contributed by atoms with Crippen molar-refractivity contribution < 1.29 is 13.6 Å². The van der Waals surface area contributed by atoms with Gasteiger partial charge < -0.3 is 28.3 Å². The van der Waals surface area contributed by atoms with Crippen molar-refractivity contribution in [2.24, 2.45) is 5.41 Å². The van der Waals surface area contributed by atoms with Crippen LogP contribution in [0.5, 0.6) is 0 Å². The van der Waals surface area contributed by atoms with Gasteiger partial charge in [-0.3, -0.25) is 0 Å². The van der Waals surface area contributed by atoms with Crippen molar-refractivity contribution >= 4 is 103 Å². The van der Waals surface area contributed by atoms with Crippen molar-refractivity contribution in [1.29, 1.82) is 0 Å². The van der Waals surface area contributed by atoms with Gasteiger partial charge in [-0.2, -0.15) is 0 Å². The van der Waals surface area contributed by atoms with E-state index in [0.717, 1.165) is 72.0 Å². The SMILES string of the molecule is [C-]#[N+]C1=C(/C=C/C=C2\CC(C)(C)CC(/C=C/c3cc4sc(N(c5ccc(N(C)C)cc5)c5ccc(N(CC)CCO[Si](c6ccccc6)(c6ccccc6)C(C)(C)C)cc5)cc4s3)=C2CCCO[Si](c2ccccc2)(c2ccccc2)C(C)(C)C)C(C)(c2ccccc2)O/C1=C(\C)[N+]#[C-]. The molecule has 0 fully saturated rings. The molecule has 1 aliphatic carbocycles. The van der Waals surface area contributed by atoms with E-state index in [0.29, 0.717) is 30.4 Å². The van der Waals surface area contributed by atoms with Gasteiger partial charge in [0.25, 0.3) is 16.6 Å². The lowest BCUT2D eigenvalue weighted by Gasteiger charge is -2.43. The molecular weight excluding hydrogens is 1280 g/mol. The molecule has 1 aliphatic heterocycles.